The van der Waals surface area contributed by atoms with Crippen molar-refractivity contribution in [1.29, 1.82) is 0 Å². The number of rotatable bonds is 5. The van der Waals surface area contributed by atoms with Gasteiger partial charge in [-0.15, -0.1) is 0 Å². The number of aromatic nitrogens is 3. The Balaban J connectivity index is 1.94. The van der Waals surface area contributed by atoms with Gasteiger partial charge in [0.15, 0.2) is 0 Å². The van der Waals surface area contributed by atoms with Crippen LogP contribution in [0.15, 0.2) is 41.9 Å². The van der Waals surface area contributed by atoms with E-state index in [0.717, 1.165) is 17.1 Å². The SMILES string of the molecule is CCN(NC(=O)C(F)(F)F)C(C)=NC(C)c1ncc(-c2cc(Cl)cc(F)c2-c2cn(C)cn2)cc1F. The first kappa shape index (κ1) is 27.1. The average molecular weight is 529 g/mol. The van der Waals surface area contributed by atoms with E-state index in [1.54, 1.807) is 23.2 Å². The number of amidine groups is 1. The molecule has 13 heteroatoms. The maximum absolute atomic E-state index is 15.1. The number of pyridine rings is 1. The van der Waals surface area contributed by atoms with Crippen LogP contribution in [0.3, 0.4) is 0 Å². The number of halogens is 6. The lowest BCUT2D eigenvalue weighted by molar-refractivity contribution is -0.177. The topological polar surface area (TPSA) is 75.4 Å². The van der Waals surface area contributed by atoms with Crippen LogP contribution in [0.1, 0.15) is 32.5 Å². The summed E-state index contributed by atoms with van der Waals surface area (Å²) in [6.45, 7) is 4.36. The van der Waals surface area contributed by atoms with Gasteiger partial charge in [-0.3, -0.25) is 25.2 Å². The molecule has 7 nitrogen and oxygen atoms in total. The van der Waals surface area contributed by atoms with Crippen LogP contribution >= 0.6 is 11.6 Å². The van der Waals surface area contributed by atoms with Crippen LogP contribution in [0, 0.1) is 11.6 Å². The zero-order valence-corrected chi connectivity index (χ0v) is 20.4. The molecule has 3 aromatic rings. The molecule has 36 heavy (non-hydrogen) atoms. The Morgan fingerprint density at radius 3 is 2.47 bits per heavy atom. The summed E-state index contributed by atoms with van der Waals surface area (Å²) in [6.07, 6.45) is -0.657. The van der Waals surface area contributed by atoms with E-state index < -0.39 is 29.8 Å². The highest BCUT2D eigenvalue weighted by molar-refractivity contribution is 6.31. The predicted molar refractivity (Wildman–Crippen MR) is 125 cm³/mol. The van der Waals surface area contributed by atoms with Gasteiger partial charge in [0, 0.05) is 42.1 Å². The molecule has 1 N–H and O–H groups in total. The fraction of sp³-hybridized carbons (Fsp3) is 0.304. The number of alkyl halides is 3. The van der Waals surface area contributed by atoms with Gasteiger partial charge in [-0.1, -0.05) is 11.6 Å². The fourth-order valence-electron chi connectivity index (χ4n) is 3.49. The lowest BCUT2D eigenvalue weighted by Crippen LogP contribution is -2.50. The van der Waals surface area contributed by atoms with Gasteiger partial charge in [-0.05, 0) is 44.5 Å². The minimum absolute atomic E-state index is 0.0160. The van der Waals surface area contributed by atoms with Gasteiger partial charge >= 0.3 is 12.1 Å². The van der Waals surface area contributed by atoms with E-state index in [9.17, 15) is 22.4 Å². The highest BCUT2D eigenvalue weighted by atomic mass is 35.5. The minimum atomic E-state index is -5.07. The lowest BCUT2D eigenvalue weighted by atomic mass is 9.98. The van der Waals surface area contributed by atoms with E-state index in [1.165, 1.54) is 39.4 Å². The van der Waals surface area contributed by atoms with E-state index in [-0.39, 0.29) is 39.8 Å². The van der Waals surface area contributed by atoms with Crippen molar-refractivity contribution in [2.45, 2.75) is 33.0 Å². The summed E-state index contributed by atoms with van der Waals surface area (Å²) in [5, 5.41) is 0.993. The summed E-state index contributed by atoms with van der Waals surface area (Å²) >= 11 is 6.05. The molecule has 2 aromatic heterocycles. The zero-order valence-electron chi connectivity index (χ0n) is 19.7. The van der Waals surface area contributed by atoms with E-state index in [4.69, 9.17) is 11.6 Å². The van der Waals surface area contributed by atoms with Gasteiger partial charge in [0.1, 0.15) is 23.2 Å². The summed E-state index contributed by atoms with van der Waals surface area (Å²) in [5.41, 5.74) is 2.56. The van der Waals surface area contributed by atoms with Crippen molar-refractivity contribution in [1.82, 2.24) is 25.0 Å². The molecule has 0 saturated carbocycles. The van der Waals surface area contributed by atoms with Crippen LogP contribution in [-0.4, -0.2) is 44.0 Å². The third-order valence-corrected chi connectivity index (χ3v) is 5.39. The number of hydrogen-bond acceptors (Lipinski definition) is 4. The molecule has 0 aliphatic carbocycles. The molecule has 192 valence electrons. The van der Waals surface area contributed by atoms with Gasteiger partial charge in [0.2, 0.25) is 0 Å². The normalized spacial score (nSPS) is 13.0. The van der Waals surface area contributed by atoms with Crippen molar-refractivity contribution < 1.29 is 26.7 Å². The van der Waals surface area contributed by atoms with Crippen LogP contribution < -0.4 is 5.43 Å². The largest absolute Gasteiger partial charge is 0.472 e. The van der Waals surface area contributed by atoms with Crippen molar-refractivity contribution >= 4 is 23.3 Å². The molecule has 0 radical (unpaired) electrons. The highest BCUT2D eigenvalue weighted by Gasteiger charge is 2.39. The molecule has 1 unspecified atom stereocenters. The Kier molecular flexibility index (Phi) is 7.97. The molecule has 0 bridgehead atoms. The van der Waals surface area contributed by atoms with Crippen LogP contribution in [0.25, 0.3) is 22.4 Å². The van der Waals surface area contributed by atoms with Crippen molar-refractivity contribution in [2.24, 2.45) is 12.0 Å². The maximum atomic E-state index is 15.1. The van der Waals surface area contributed by atoms with Gasteiger partial charge < -0.3 is 4.57 Å². The Hall–Kier alpha value is -3.54. The van der Waals surface area contributed by atoms with Crippen molar-refractivity contribution in [3.8, 4) is 22.4 Å². The third kappa shape index (κ3) is 5.99. The van der Waals surface area contributed by atoms with E-state index in [0.29, 0.717) is 5.69 Å². The van der Waals surface area contributed by atoms with Gasteiger partial charge in [0.25, 0.3) is 0 Å². The van der Waals surface area contributed by atoms with Crippen molar-refractivity contribution in [3.63, 3.8) is 0 Å². The quantitative estimate of drug-likeness (QED) is 0.206. The Labute approximate surface area is 208 Å². The standard InChI is InChI=1S/C23H22ClF5N6O/c1-5-35(33-22(36)23(27,28)29)13(3)32-12(2)21-18(26)6-14(9-30-21)16-7-15(24)8-17(25)20(16)19-10-34(4)11-31-19/h6-12H,5H2,1-4H3,(H,33,36). The molecule has 3 rings (SSSR count). The van der Waals surface area contributed by atoms with Crippen LogP contribution in [0.2, 0.25) is 5.02 Å². The molecule has 0 aliphatic heterocycles. The summed E-state index contributed by atoms with van der Waals surface area (Å²) in [7, 11) is 1.72. The van der Waals surface area contributed by atoms with Crippen LogP contribution in [-0.2, 0) is 11.8 Å². The Bertz CT molecular complexity index is 1310. The number of nitrogens with zero attached hydrogens (tertiary/aromatic N) is 5. The maximum Gasteiger partial charge on any atom is 0.472 e. The summed E-state index contributed by atoms with van der Waals surface area (Å²) < 4.78 is 69.3. The smallest absolute Gasteiger partial charge is 0.340 e. The Morgan fingerprint density at radius 1 is 1.22 bits per heavy atom. The van der Waals surface area contributed by atoms with Crippen LogP contribution in [0.4, 0.5) is 22.0 Å². The molecule has 1 aromatic carbocycles. The molecule has 0 spiro atoms. The second-order valence-electron chi connectivity index (χ2n) is 7.86. The summed E-state index contributed by atoms with van der Waals surface area (Å²) in [4.78, 5) is 23.7. The van der Waals surface area contributed by atoms with Crippen LogP contribution in [0.5, 0.6) is 0 Å². The van der Waals surface area contributed by atoms with E-state index >= 15 is 4.39 Å². The van der Waals surface area contributed by atoms with E-state index in [1.807, 2.05) is 0 Å². The van der Waals surface area contributed by atoms with Crippen molar-refractivity contribution in [2.75, 3.05) is 6.54 Å². The first-order valence-electron chi connectivity index (χ1n) is 10.6. The number of aryl methyl sites for hydroxylation is 1. The molecule has 0 fully saturated rings. The lowest BCUT2D eigenvalue weighted by Gasteiger charge is -2.24. The first-order chi connectivity index (χ1) is 16.8. The molecule has 0 aliphatic rings. The molecular weight excluding hydrogens is 507 g/mol. The Morgan fingerprint density at radius 2 is 1.92 bits per heavy atom. The number of carbonyl (C=O) groups is 1. The number of hydrazine groups is 1. The van der Waals surface area contributed by atoms with E-state index in [2.05, 4.69) is 15.0 Å². The van der Waals surface area contributed by atoms with Crippen molar-refractivity contribution in [3.05, 3.63) is 59.3 Å². The highest BCUT2D eigenvalue weighted by Crippen LogP contribution is 2.36. The second kappa shape index (κ2) is 10.6. The number of benzene rings is 1. The number of imidazole rings is 1. The molecule has 1 amide bonds. The first-order valence-corrected chi connectivity index (χ1v) is 11.0. The monoisotopic (exact) mass is 528 g/mol. The number of nitrogens with one attached hydrogen (secondary N) is 1. The number of aliphatic imine (C=N–C) groups is 1. The summed E-state index contributed by atoms with van der Waals surface area (Å²) in [6, 6.07) is 2.83. The minimum Gasteiger partial charge on any atom is -0.340 e. The molecule has 1 atom stereocenters. The fourth-order valence-corrected chi connectivity index (χ4v) is 3.70. The van der Waals surface area contributed by atoms with Gasteiger partial charge in [0.05, 0.1) is 18.1 Å². The number of amides is 1. The predicted octanol–water partition coefficient (Wildman–Crippen LogP) is 5.48. The summed E-state index contributed by atoms with van der Waals surface area (Å²) in [5.74, 6) is -3.55. The zero-order chi connectivity index (χ0) is 26.8. The average Bonchev–Trinajstić information content (AvgIpc) is 3.21. The molecule has 0 saturated heterocycles. The number of hydrogen-bond donors (Lipinski definition) is 1. The second-order valence-corrected chi connectivity index (χ2v) is 8.30. The van der Waals surface area contributed by atoms with Gasteiger partial charge in [-0.2, -0.15) is 13.2 Å². The molecular formula is C23H22ClF5N6O. The molecule has 2 heterocycles. The number of carbonyl (C=O) groups excluding carboxylic acids is 1. The van der Waals surface area contributed by atoms with Gasteiger partial charge in [-0.25, -0.2) is 13.8 Å². The third-order valence-electron chi connectivity index (χ3n) is 5.17.